The summed E-state index contributed by atoms with van der Waals surface area (Å²) in [7, 11) is -3.78. The highest BCUT2D eigenvalue weighted by Crippen LogP contribution is 2.14. The molecule has 0 heterocycles. The van der Waals surface area contributed by atoms with E-state index in [1.807, 2.05) is 38.1 Å². The average Bonchev–Trinajstić information content (AvgIpc) is 2.63. The topological polar surface area (TPSA) is 122 Å². The van der Waals surface area contributed by atoms with Crippen molar-refractivity contribution in [3.05, 3.63) is 54.1 Å². The summed E-state index contributed by atoms with van der Waals surface area (Å²) in [5.74, 6) is -0.497. The summed E-state index contributed by atoms with van der Waals surface area (Å²) in [6.45, 7) is 4.58. The second-order valence-electron chi connectivity index (χ2n) is 6.69. The first-order chi connectivity index (χ1) is 13.7. The molecule has 0 aliphatic heterocycles. The Morgan fingerprint density at radius 2 is 1.55 bits per heavy atom. The van der Waals surface area contributed by atoms with Gasteiger partial charge < -0.3 is 10.6 Å². The summed E-state index contributed by atoms with van der Waals surface area (Å²) in [6.07, 6.45) is 0.786. The zero-order valence-corrected chi connectivity index (χ0v) is 17.3. The fourth-order valence-corrected chi connectivity index (χ4v) is 3.28. The smallest absolute Gasteiger partial charge is 0.238 e. The molecule has 0 fully saturated rings. The van der Waals surface area contributed by atoms with Crippen molar-refractivity contribution in [2.45, 2.75) is 25.2 Å². The molecule has 0 spiro atoms. The molecule has 0 saturated carbocycles. The SMILES string of the molecule is CCCN(CC(=O)Nc1ccc(S(N)(=O)=O)cc1)CC(=O)Nc1ccccc1C. The number of carbonyl (C=O) groups excluding carboxylic acids is 2. The number of nitrogens with one attached hydrogen (secondary N) is 2. The maximum Gasteiger partial charge on any atom is 0.238 e. The second kappa shape index (κ2) is 10.1. The van der Waals surface area contributed by atoms with E-state index in [-0.39, 0.29) is 29.8 Å². The Morgan fingerprint density at radius 1 is 0.966 bits per heavy atom. The number of hydrogen-bond acceptors (Lipinski definition) is 5. The molecule has 4 N–H and O–H groups in total. The van der Waals surface area contributed by atoms with Crippen LogP contribution in [0.2, 0.25) is 0 Å². The van der Waals surface area contributed by atoms with E-state index in [2.05, 4.69) is 10.6 Å². The van der Waals surface area contributed by atoms with Crippen LogP contribution in [-0.4, -0.2) is 44.8 Å². The molecule has 0 bridgehead atoms. The van der Waals surface area contributed by atoms with Crippen molar-refractivity contribution in [2.75, 3.05) is 30.3 Å². The van der Waals surface area contributed by atoms with Crippen LogP contribution in [0.5, 0.6) is 0 Å². The number of aryl methyl sites for hydroxylation is 1. The van der Waals surface area contributed by atoms with Gasteiger partial charge in [0.15, 0.2) is 0 Å². The molecule has 0 aliphatic rings. The van der Waals surface area contributed by atoms with E-state index in [0.29, 0.717) is 12.2 Å². The fraction of sp³-hybridized carbons (Fsp3) is 0.300. The summed E-state index contributed by atoms with van der Waals surface area (Å²) < 4.78 is 22.6. The van der Waals surface area contributed by atoms with Crippen LogP contribution < -0.4 is 15.8 Å². The molecule has 0 unspecified atom stereocenters. The normalized spacial score (nSPS) is 11.3. The number of benzene rings is 2. The highest BCUT2D eigenvalue weighted by atomic mass is 32.2. The van der Waals surface area contributed by atoms with Crippen molar-refractivity contribution in [2.24, 2.45) is 5.14 Å². The fourth-order valence-electron chi connectivity index (χ4n) is 2.77. The second-order valence-corrected chi connectivity index (χ2v) is 8.25. The van der Waals surface area contributed by atoms with Gasteiger partial charge >= 0.3 is 0 Å². The number of para-hydroxylation sites is 1. The molecule has 156 valence electrons. The molecule has 0 aromatic heterocycles. The van der Waals surface area contributed by atoms with Gasteiger partial charge in [-0.05, 0) is 55.8 Å². The monoisotopic (exact) mass is 418 g/mol. The first-order valence-electron chi connectivity index (χ1n) is 9.19. The summed E-state index contributed by atoms with van der Waals surface area (Å²) in [5, 5.41) is 10.6. The third kappa shape index (κ3) is 7.30. The van der Waals surface area contributed by atoms with E-state index in [1.54, 1.807) is 4.90 Å². The minimum Gasteiger partial charge on any atom is -0.325 e. The van der Waals surface area contributed by atoms with Crippen LogP contribution in [0.4, 0.5) is 11.4 Å². The van der Waals surface area contributed by atoms with Gasteiger partial charge in [-0.15, -0.1) is 0 Å². The van der Waals surface area contributed by atoms with Gasteiger partial charge in [0.2, 0.25) is 21.8 Å². The molecule has 2 aromatic rings. The van der Waals surface area contributed by atoms with Gasteiger partial charge in [0.25, 0.3) is 0 Å². The minimum absolute atomic E-state index is 0.0315. The standard InChI is InChI=1S/C20H26N4O4S/c1-3-12-24(14-20(26)23-18-7-5-4-6-15(18)2)13-19(25)22-16-8-10-17(11-9-16)29(21,27)28/h4-11H,3,12-14H2,1-2H3,(H,22,25)(H,23,26)(H2,21,27,28). The average molecular weight is 419 g/mol. The molecular weight excluding hydrogens is 392 g/mol. The Bertz CT molecular complexity index is 959. The summed E-state index contributed by atoms with van der Waals surface area (Å²) in [4.78, 5) is 26.4. The van der Waals surface area contributed by atoms with Crippen LogP contribution in [-0.2, 0) is 19.6 Å². The molecule has 29 heavy (non-hydrogen) atoms. The molecule has 2 aromatic carbocycles. The van der Waals surface area contributed by atoms with Crippen LogP contribution in [0.1, 0.15) is 18.9 Å². The Hall–Kier alpha value is -2.75. The van der Waals surface area contributed by atoms with Crippen molar-refractivity contribution >= 4 is 33.2 Å². The zero-order chi connectivity index (χ0) is 21.4. The number of nitrogens with two attached hydrogens (primary N) is 1. The van der Waals surface area contributed by atoms with Crippen LogP contribution in [0.3, 0.4) is 0 Å². The lowest BCUT2D eigenvalue weighted by Gasteiger charge is -2.21. The van der Waals surface area contributed by atoms with Gasteiger partial charge in [-0.3, -0.25) is 14.5 Å². The molecule has 2 rings (SSSR count). The van der Waals surface area contributed by atoms with Crippen molar-refractivity contribution < 1.29 is 18.0 Å². The summed E-state index contributed by atoms with van der Waals surface area (Å²) >= 11 is 0. The highest BCUT2D eigenvalue weighted by molar-refractivity contribution is 7.89. The van der Waals surface area contributed by atoms with Crippen molar-refractivity contribution in [3.8, 4) is 0 Å². The minimum atomic E-state index is -3.78. The van der Waals surface area contributed by atoms with Gasteiger partial charge in [0.1, 0.15) is 0 Å². The number of nitrogens with zero attached hydrogens (tertiary/aromatic N) is 1. The molecule has 8 nitrogen and oxygen atoms in total. The molecule has 0 atom stereocenters. The van der Waals surface area contributed by atoms with Gasteiger partial charge in [-0.2, -0.15) is 0 Å². The van der Waals surface area contributed by atoms with Gasteiger partial charge in [0, 0.05) is 11.4 Å². The largest absolute Gasteiger partial charge is 0.325 e. The van der Waals surface area contributed by atoms with Crippen molar-refractivity contribution in [1.82, 2.24) is 4.90 Å². The summed E-state index contributed by atoms with van der Waals surface area (Å²) in [5.41, 5.74) is 2.15. The van der Waals surface area contributed by atoms with E-state index < -0.39 is 10.0 Å². The van der Waals surface area contributed by atoms with E-state index >= 15 is 0 Å². The van der Waals surface area contributed by atoms with Crippen LogP contribution in [0.15, 0.2) is 53.4 Å². The number of anilines is 2. The quantitative estimate of drug-likeness (QED) is 0.574. The van der Waals surface area contributed by atoms with Gasteiger partial charge in [0.05, 0.1) is 18.0 Å². The first kappa shape index (κ1) is 22.5. The van der Waals surface area contributed by atoms with Crippen LogP contribution in [0, 0.1) is 6.92 Å². The van der Waals surface area contributed by atoms with Crippen LogP contribution in [0.25, 0.3) is 0 Å². The molecule has 2 amide bonds. The van der Waals surface area contributed by atoms with E-state index in [4.69, 9.17) is 5.14 Å². The molecule has 9 heteroatoms. The van der Waals surface area contributed by atoms with Gasteiger partial charge in [-0.25, -0.2) is 13.6 Å². The Morgan fingerprint density at radius 3 is 2.10 bits per heavy atom. The number of hydrogen-bond donors (Lipinski definition) is 3. The Kier molecular flexibility index (Phi) is 7.89. The highest BCUT2D eigenvalue weighted by Gasteiger charge is 2.15. The molecular formula is C20H26N4O4S. The number of primary sulfonamides is 1. The van der Waals surface area contributed by atoms with Gasteiger partial charge in [-0.1, -0.05) is 25.1 Å². The maximum atomic E-state index is 12.4. The number of sulfonamides is 1. The van der Waals surface area contributed by atoms with E-state index in [0.717, 1.165) is 17.7 Å². The lowest BCUT2D eigenvalue weighted by Crippen LogP contribution is -2.39. The third-order valence-electron chi connectivity index (χ3n) is 4.16. The lowest BCUT2D eigenvalue weighted by molar-refractivity contribution is -0.120. The third-order valence-corrected chi connectivity index (χ3v) is 5.09. The Labute approximate surface area is 171 Å². The van der Waals surface area contributed by atoms with Crippen molar-refractivity contribution in [1.29, 1.82) is 0 Å². The molecule has 0 aliphatic carbocycles. The lowest BCUT2D eigenvalue weighted by atomic mass is 10.2. The number of rotatable bonds is 9. The predicted molar refractivity (Wildman–Crippen MR) is 113 cm³/mol. The van der Waals surface area contributed by atoms with E-state index in [9.17, 15) is 18.0 Å². The van der Waals surface area contributed by atoms with Crippen molar-refractivity contribution in [3.63, 3.8) is 0 Å². The maximum absolute atomic E-state index is 12.4. The predicted octanol–water partition coefficient (Wildman–Crippen LogP) is 1.93. The Balaban J connectivity index is 1.94. The molecule has 0 saturated heterocycles. The number of amides is 2. The van der Waals surface area contributed by atoms with E-state index in [1.165, 1.54) is 24.3 Å². The zero-order valence-electron chi connectivity index (χ0n) is 16.5. The molecule has 0 radical (unpaired) electrons. The first-order valence-corrected chi connectivity index (χ1v) is 10.7. The number of carbonyl (C=O) groups is 2. The summed E-state index contributed by atoms with van der Waals surface area (Å²) in [6, 6.07) is 13.1. The van der Waals surface area contributed by atoms with Crippen LogP contribution >= 0.6 is 0 Å².